The largest absolute Gasteiger partial charge is 0.459 e. The molecule has 2 fully saturated rings. The Hall–Kier alpha value is -1.84. The number of carbonyl (C=O) groups excluding carboxylic acids is 1. The molecule has 1 saturated carbocycles. The van der Waals surface area contributed by atoms with Crippen LogP contribution in [0.5, 0.6) is 0 Å². The maximum Gasteiger partial charge on any atom is 0.225 e. The van der Waals surface area contributed by atoms with E-state index in [9.17, 15) is 9.18 Å². The predicted octanol–water partition coefficient (Wildman–Crippen LogP) is 3.95. The van der Waals surface area contributed by atoms with Gasteiger partial charge >= 0.3 is 0 Å². The standard InChI is InChI=1S/C22H29FN4O2.HI/c1-14-18-11-16(23)7-8-19(18)29-20(14)12-25-22(24-2)26-17-9-10-27(13-17)21(28)15-5-3-4-6-15;/h7-8,11,15,17H,3-6,9-10,12-13H2,1-2H3,(H2,24,25,26);1H. The molecule has 4 rings (SSSR count). The second-order valence-electron chi connectivity index (χ2n) is 8.11. The van der Waals surface area contributed by atoms with Gasteiger partial charge in [-0.25, -0.2) is 4.39 Å². The van der Waals surface area contributed by atoms with Crippen molar-refractivity contribution in [3.8, 4) is 0 Å². The van der Waals surface area contributed by atoms with E-state index in [4.69, 9.17) is 4.42 Å². The zero-order chi connectivity index (χ0) is 20.4. The molecule has 1 aliphatic heterocycles. The number of hydrogen-bond acceptors (Lipinski definition) is 3. The monoisotopic (exact) mass is 528 g/mol. The van der Waals surface area contributed by atoms with Crippen LogP contribution in [0.25, 0.3) is 11.0 Å². The van der Waals surface area contributed by atoms with Crippen molar-refractivity contribution in [3.05, 3.63) is 35.3 Å². The number of carbonyl (C=O) groups is 1. The highest BCUT2D eigenvalue weighted by molar-refractivity contribution is 14.0. The van der Waals surface area contributed by atoms with Gasteiger partial charge in [-0.1, -0.05) is 12.8 Å². The molecule has 1 aromatic heterocycles. The van der Waals surface area contributed by atoms with Crippen molar-refractivity contribution in [1.82, 2.24) is 15.5 Å². The summed E-state index contributed by atoms with van der Waals surface area (Å²) in [5, 5.41) is 7.49. The van der Waals surface area contributed by atoms with E-state index in [1.54, 1.807) is 13.1 Å². The molecule has 0 radical (unpaired) electrons. The molecular weight excluding hydrogens is 498 g/mol. The average molecular weight is 528 g/mol. The number of halogens is 2. The van der Waals surface area contributed by atoms with E-state index in [1.165, 1.54) is 25.0 Å². The Labute approximate surface area is 193 Å². The molecule has 6 nitrogen and oxygen atoms in total. The van der Waals surface area contributed by atoms with Crippen molar-refractivity contribution in [2.24, 2.45) is 10.9 Å². The van der Waals surface area contributed by atoms with Crippen molar-refractivity contribution in [3.63, 3.8) is 0 Å². The van der Waals surface area contributed by atoms with E-state index in [2.05, 4.69) is 15.6 Å². The summed E-state index contributed by atoms with van der Waals surface area (Å²) in [7, 11) is 1.73. The van der Waals surface area contributed by atoms with Gasteiger partial charge in [-0.2, -0.15) is 0 Å². The predicted molar refractivity (Wildman–Crippen MR) is 127 cm³/mol. The lowest BCUT2D eigenvalue weighted by Gasteiger charge is -2.21. The molecule has 2 aliphatic rings. The third-order valence-electron chi connectivity index (χ3n) is 6.18. The first-order valence-corrected chi connectivity index (χ1v) is 10.5. The molecular formula is C22H30FIN4O2. The molecule has 30 heavy (non-hydrogen) atoms. The number of likely N-dealkylation sites (tertiary alicyclic amines) is 1. The SMILES string of the molecule is CN=C(NCc1oc2ccc(F)cc2c1C)NC1CCN(C(=O)C2CCCC2)C1.I. The number of benzene rings is 1. The van der Waals surface area contributed by atoms with Crippen LogP contribution >= 0.6 is 24.0 Å². The Morgan fingerprint density at radius 1 is 1.30 bits per heavy atom. The van der Waals surface area contributed by atoms with E-state index in [-0.39, 0.29) is 41.8 Å². The fourth-order valence-corrected chi connectivity index (χ4v) is 4.47. The zero-order valence-corrected chi connectivity index (χ0v) is 19.9. The van der Waals surface area contributed by atoms with Crippen LogP contribution in [0, 0.1) is 18.7 Å². The van der Waals surface area contributed by atoms with E-state index >= 15 is 0 Å². The first-order valence-electron chi connectivity index (χ1n) is 10.5. The molecule has 2 N–H and O–H groups in total. The number of furan rings is 1. The molecule has 1 aliphatic carbocycles. The van der Waals surface area contributed by atoms with Crippen LogP contribution in [-0.2, 0) is 11.3 Å². The first kappa shape index (κ1) is 22.8. The number of rotatable bonds is 4. The molecule has 164 valence electrons. The van der Waals surface area contributed by atoms with E-state index in [0.717, 1.165) is 49.1 Å². The minimum Gasteiger partial charge on any atom is -0.459 e. The van der Waals surface area contributed by atoms with Gasteiger partial charge in [0.15, 0.2) is 5.96 Å². The van der Waals surface area contributed by atoms with Crippen LogP contribution in [0.1, 0.15) is 43.4 Å². The molecule has 1 aromatic carbocycles. The van der Waals surface area contributed by atoms with Crippen LogP contribution in [0.3, 0.4) is 0 Å². The third-order valence-corrected chi connectivity index (χ3v) is 6.18. The third kappa shape index (κ3) is 4.90. The zero-order valence-electron chi connectivity index (χ0n) is 17.5. The maximum atomic E-state index is 13.5. The van der Waals surface area contributed by atoms with Crippen LogP contribution in [0.15, 0.2) is 27.6 Å². The van der Waals surface area contributed by atoms with Crippen LogP contribution in [0.2, 0.25) is 0 Å². The quantitative estimate of drug-likeness (QED) is 0.358. The number of nitrogens with zero attached hydrogens (tertiary/aromatic N) is 2. The van der Waals surface area contributed by atoms with Gasteiger partial charge in [0.1, 0.15) is 17.2 Å². The molecule has 1 saturated heterocycles. The molecule has 1 atom stereocenters. The summed E-state index contributed by atoms with van der Waals surface area (Å²) < 4.78 is 19.4. The van der Waals surface area contributed by atoms with Gasteiger partial charge < -0.3 is 20.0 Å². The van der Waals surface area contributed by atoms with Crippen molar-refractivity contribution in [2.45, 2.75) is 51.6 Å². The summed E-state index contributed by atoms with van der Waals surface area (Å²) in [6.07, 6.45) is 5.35. The minimum atomic E-state index is -0.267. The van der Waals surface area contributed by atoms with Crippen molar-refractivity contribution in [2.75, 3.05) is 20.1 Å². The molecule has 0 spiro atoms. The fraction of sp³-hybridized carbons (Fsp3) is 0.545. The van der Waals surface area contributed by atoms with Gasteiger partial charge in [0.2, 0.25) is 5.91 Å². The smallest absolute Gasteiger partial charge is 0.225 e. The summed E-state index contributed by atoms with van der Waals surface area (Å²) in [6, 6.07) is 4.75. The van der Waals surface area contributed by atoms with Gasteiger partial charge in [-0.3, -0.25) is 9.79 Å². The van der Waals surface area contributed by atoms with Crippen molar-refractivity contribution < 1.29 is 13.6 Å². The molecule has 2 aromatic rings. The number of hydrogen-bond donors (Lipinski definition) is 2. The molecule has 2 heterocycles. The Bertz CT molecular complexity index is 923. The Balaban J connectivity index is 0.00000256. The highest BCUT2D eigenvalue weighted by Gasteiger charge is 2.32. The van der Waals surface area contributed by atoms with E-state index in [1.807, 2.05) is 11.8 Å². The Kier molecular flexibility index (Phi) is 7.60. The van der Waals surface area contributed by atoms with E-state index in [0.29, 0.717) is 24.0 Å². The van der Waals surface area contributed by atoms with Gasteiger partial charge in [-0.15, -0.1) is 24.0 Å². The van der Waals surface area contributed by atoms with Crippen molar-refractivity contribution in [1.29, 1.82) is 0 Å². The number of aliphatic imine (C=N–C) groups is 1. The lowest BCUT2D eigenvalue weighted by Crippen LogP contribution is -2.45. The Morgan fingerprint density at radius 3 is 2.80 bits per heavy atom. The molecule has 1 amide bonds. The summed E-state index contributed by atoms with van der Waals surface area (Å²) in [5.41, 5.74) is 1.61. The topological polar surface area (TPSA) is 69.9 Å². The summed E-state index contributed by atoms with van der Waals surface area (Å²) in [5.74, 6) is 1.72. The van der Waals surface area contributed by atoms with Gasteiger partial charge in [0.05, 0.1) is 6.54 Å². The van der Waals surface area contributed by atoms with E-state index < -0.39 is 0 Å². The molecule has 8 heteroatoms. The number of aryl methyl sites for hydroxylation is 1. The normalized spacial score (nSPS) is 19.9. The number of guanidine groups is 1. The second kappa shape index (κ2) is 9.98. The fourth-order valence-electron chi connectivity index (χ4n) is 4.47. The molecule has 1 unspecified atom stereocenters. The summed E-state index contributed by atoms with van der Waals surface area (Å²) >= 11 is 0. The maximum absolute atomic E-state index is 13.5. The van der Waals surface area contributed by atoms with Crippen molar-refractivity contribution >= 4 is 46.8 Å². The average Bonchev–Trinajstić information content (AvgIpc) is 3.46. The Morgan fingerprint density at radius 2 is 2.07 bits per heavy atom. The number of nitrogens with one attached hydrogen (secondary N) is 2. The molecule has 0 bridgehead atoms. The van der Waals surface area contributed by atoms with Crippen LogP contribution in [0.4, 0.5) is 4.39 Å². The first-order chi connectivity index (χ1) is 14.0. The van der Waals surface area contributed by atoms with Gasteiger partial charge in [0, 0.05) is 43.0 Å². The van der Waals surface area contributed by atoms with Gasteiger partial charge in [-0.05, 0) is 44.4 Å². The lowest BCUT2D eigenvalue weighted by molar-refractivity contribution is -0.134. The minimum absolute atomic E-state index is 0. The van der Waals surface area contributed by atoms with Gasteiger partial charge in [0.25, 0.3) is 0 Å². The highest BCUT2D eigenvalue weighted by Crippen LogP contribution is 2.28. The lowest BCUT2D eigenvalue weighted by atomic mass is 10.1. The van der Waals surface area contributed by atoms with Crippen LogP contribution < -0.4 is 10.6 Å². The highest BCUT2D eigenvalue weighted by atomic mass is 127. The number of amides is 1. The van der Waals surface area contributed by atoms with Crippen LogP contribution in [-0.4, -0.2) is 42.9 Å². The summed E-state index contributed by atoms with van der Waals surface area (Å²) in [6.45, 7) is 3.92. The second-order valence-corrected chi connectivity index (χ2v) is 8.11. The summed E-state index contributed by atoms with van der Waals surface area (Å²) in [4.78, 5) is 18.9. The number of fused-ring (bicyclic) bond motifs is 1.